The number of carbonyl (C=O) groups is 1. The molecule has 1 unspecified atom stereocenters. The first-order valence-corrected chi connectivity index (χ1v) is 10.4. The van der Waals surface area contributed by atoms with Crippen molar-refractivity contribution in [2.24, 2.45) is 5.92 Å². The molecule has 6 nitrogen and oxygen atoms in total. The Morgan fingerprint density at radius 2 is 1.81 bits per heavy atom. The van der Waals surface area contributed by atoms with Crippen LogP contribution in [0.3, 0.4) is 0 Å². The lowest BCUT2D eigenvalue weighted by Gasteiger charge is -2.20. The molecule has 0 spiro atoms. The number of rotatable bonds is 3. The molecule has 0 radical (unpaired) electrons. The standard InChI is InChI=1S/C25H23N3O3/c1-14(2)10-21-23-26-20-9-8-17(31-3)13-18(20)25(30)28(23)22-12-16-7-5-4-6-15(16)11-19(22)24(29)27-21/h4-9,11-14,21H,10H2,1-3H3,(H,27,29). The van der Waals surface area contributed by atoms with Crippen molar-refractivity contribution in [1.82, 2.24) is 14.9 Å². The van der Waals surface area contributed by atoms with Crippen LogP contribution < -0.4 is 15.6 Å². The number of aromatic nitrogens is 2. The minimum Gasteiger partial charge on any atom is -0.497 e. The first-order valence-electron chi connectivity index (χ1n) is 10.4. The van der Waals surface area contributed by atoms with Crippen molar-refractivity contribution in [3.63, 3.8) is 0 Å². The zero-order valence-corrected chi connectivity index (χ0v) is 17.7. The van der Waals surface area contributed by atoms with Crippen LogP contribution in [0.5, 0.6) is 5.75 Å². The van der Waals surface area contributed by atoms with Crippen LogP contribution in [-0.4, -0.2) is 22.6 Å². The van der Waals surface area contributed by atoms with Gasteiger partial charge in [-0.05, 0) is 53.4 Å². The Hall–Kier alpha value is -3.67. The summed E-state index contributed by atoms with van der Waals surface area (Å²) in [5, 5.41) is 5.48. The Labute approximate surface area is 179 Å². The number of nitrogens with zero attached hydrogens (tertiary/aromatic N) is 2. The number of ether oxygens (including phenoxy) is 1. The summed E-state index contributed by atoms with van der Waals surface area (Å²) in [7, 11) is 1.57. The number of methoxy groups -OCH3 is 1. The third-order valence-corrected chi connectivity index (χ3v) is 5.77. The molecule has 0 saturated heterocycles. The van der Waals surface area contributed by atoms with Crippen LogP contribution in [0.1, 0.15) is 42.5 Å². The molecule has 5 rings (SSSR count). The number of amides is 1. The molecule has 0 aliphatic carbocycles. The fraction of sp³-hybridized carbons (Fsp3) is 0.240. The molecule has 1 N–H and O–H groups in total. The average Bonchev–Trinajstić information content (AvgIpc) is 2.87. The molecule has 1 aromatic heterocycles. The SMILES string of the molecule is COc1ccc2nc3n(c(=O)c2c1)-c1cc2ccccc2cc1C(=O)NC3CC(C)C. The van der Waals surface area contributed by atoms with E-state index in [1.54, 1.807) is 29.9 Å². The van der Waals surface area contributed by atoms with Gasteiger partial charge in [0.2, 0.25) is 0 Å². The molecule has 0 fully saturated rings. The maximum Gasteiger partial charge on any atom is 0.266 e. The summed E-state index contributed by atoms with van der Waals surface area (Å²) in [6.45, 7) is 4.18. The molecule has 1 aliphatic heterocycles. The van der Waals surface area contributed by atoms with Gasteiger partial charge in [-0.1, -0.05) is 38.1 Å². The fourth-order valence-electron chi connectivity index (χ4n) is 4.31. The predicted octanol–water partition coefficient (Wildman–Crippen LogP) is 4.38. The van der Waals surface area contributed by atoms with Crippen LogP contribution in [0, 0.1) is 5.92 Å². The second-order valence-corrected chi connectivity index (χ2v) is 8.37. The maximum atomic E-state index is 13.8. The second-order valence-electron chi connectivity index (χ2n) is 8.37. The van der Waals surface area contributed by atoms with Gasteiger partial charge >= 0.3 is 0 Å². The van der Waals surface area contributed by atoms with Gasteiger partial charge in [0.1, 0.15) is 11.6 Å². The van der Waals surface area contributed by atoms with Crippen LogP contribution in [0.4, 0.5) is 0 Å². The van der Waals surface area contributed by atoms with Crippen molar-refractivity contribution in [3.8, 4) is 11.4 Å². The molecule has 4 aromatic rings. The van der Waals surface area contributed by atoms with Gasteiger partial charge in [-0.25, -0.2) is 4.98 Å². The molecule has 31 heavy (non-hydrogen) atoms. The Kier molecular flexibility index (Phi) is 4.50. The molecule has 156 valence electrons. The number of fused-ring (bicyclic) bond motifs is 5. The quantitative estimate of drug-likeness (QED) is 0.541. The molecule has 1 atom stereocenters. The summed E-state index contributed by atoms with van der Waals surface area (Å²) in [6.07, 6.45) is 0.674. The second kappa shape index (κ2) is 7.23. The summed E-state index contributed by atoms with van der Waals surface area (Å²) in [5.41, 5.74) is 1.40. The largest absolute Gasteiger partial charge is 0.497 e. The van der Waals surface area contributed by atoms with E-state index >= 15 is 0 Å². The first-order chi connectivity index (χ1) is 15.0. The van der Waals surface area contributed by atoms with Gasteiger partial charge in [0.25, 0.3) is 11.5 Å². The topological polar surface area (TPSA) is 73.2 Å². The first kappa shape index (κ1) is 19.3. The molecular weight excluding hydrogens is 390 g/mol. The summed E-state index contributed by atoms with van der Waals surface area (Å²) in [6, 6.07) is 16.5. The van der Waals surface area contributed by atoms with Crippen LogP contribution in [-0.2, 0) is 0 Å². The Balaban J connectivity index is 1.90. The van der Waals surface area contributed by atoms with E-state index in [0.717, 1.165) is 10.8 Å². The Morgan fingerprint density at radius 3 is 2.52 bits per heavy atom. The van der Waals surface area contributed by atoms with Gasteiger partial charge in [-0.15, -0.1) is 0 Å². The van der Waals surface area contributed by atoms with Crippen LogP contribution in [0.25, 0.3) is 27.4 Å². The Morgan fingerprint density at radius 1 is 1.06 bits per heavy atom. The smallest absolute Gasteiger partial charge is 0.266 e. The third kappa shape index (κ3) is 3.15. The van der Waals surface area contributed by atoms with Gasteiger partial charge in [-0.2, -0.15) is 0 Å². The van der Waals surface area contributed by atoms with E-state index in [4.69, 9.17) is 9.72 Å². The van der Waals surface area contributed by atoms with Crippen molar-refractivity contribution in [2.75, 3.05) is 7.11 Å². The predicted molar refractivity (Wildman–Crippen MR) is 121 cm³/mol. The minimum absolute atomic E-state index is 0.196. The molecule has 1 aliphatic rings. The van der Waals surface area contributed by atoms with Crippen LogP contribution in [0.15, 0.2) is 59.4 Å². The van der Waals surface area contributed by atoms with Gasteiger partial charge < -0.3 is 10.1 Å². The highest BCUT2D eigenvalue weighted by Crippen LogP contribution is 2.31. The normalized spacial score (nSPS) is 15.5. The molecular formula is C25H23N3O3. The number of nitrogens with one attached hydrogen (secondary N) is 1. The van der Waals surface area contributed by atoms with Gasteiger partial charge in [-0.3, -0.25) is 14.2 Å². The van der Waals surface area contributed by atoms with Gasteiger partial charge in [0.15, 0.2) is 0 Å². The van der Waals surface area contributed by atoms with E-state index < -0.39 is 0 Å². The van der Waals surface area contributed by atoms with Crippen LogP contribution >= 0.6 is 0 Å². The van der Waals surface area contributed by atoms with Crippen molar-refractivity contribution >= 4 is 27.6 Å². The average molecular weight is 413 g/mol. The summed E-state index contributed by atoms with van der Waals surface area (Å²) in [5.74, 6) is 1.26. The molecule has 2 heterocycles. The van der Waals surface area contributed by atoms with Crippen molar-refractivity contribution in [1.29, 1.82) is 0 Å². The van der Waals surface area contributed by atoms with Crippen LogP contribution in [0.2, 0.25) is 0 Å². The molecule has 0 bridgehead atoms. The number of carbonyl (C=O) groups excluding carboxylic acids is 1. The van der Waals surface area contributed by atoms with E-state index in [9.17, 15) is 9.59 Å². The third-order valence-electron chi connectivity index (χ3n) is 5.77. The number of benzene rings is 3. The highest BCUT2D eigenvalue weighted by Gasteiger charge is 2.30. The van der Waals surface area contributed by atoms with Gasteiger partial charge in [0, 0.05) is 0 Å². The molecule has 1 amide bonds. The maximum absolute atomic E-state index is 13.8. The van der Waals surface area contributed by atoms with E-state index in [1.165, 1.54) is 0 Å². The minimum atomic E-state index is -0.373. The lowest BCUT2D eigenvalue weighted by molar-refractivity contribution is 0.0933. The van der Waals surface area contributed by atoms with E-state index in [2.05, 4.69) is 19.2 Å². The fourth-order valence-corrected chi connectivity index (χ4v) is 4.31. The lowest BCUT2D eigenvalue weighted by atomic mass is 10.0. The molecule has 3 aromatic carbocycles. The highest BCUT2D eigenvalue weighted by atomic mass is 16.5. The molecule has 6 heteroatoms. The number of hydrogen-bond acceptors (Lipinski definition) is 4. The lowest BCUT2D eigenvalue weighted by Crippen LogP contribution is -2.31. The number of hydrogen-bond donors (Lipinski definition) is 1. The zero-order chi connectivity index (χ0) is 21.7. The molecule has 0 saturated carbocycles. The van der Waals surface area contributed by atoms with E-state index in [0.29, 0.717) is 46.1 Å². The van der Waals surface area contributed by atoms with E-state index in [1.807, 2.05) is 36.4 Å². The monoisotopic (exact) mass is 413 g/mol. The van der Waals surface area contributed by atoms with Crippen molar-refractivity contribution in [3.05, 3.63) is 76.3 Å². The van der Waals surface area contributed by atoms with Crippen molar-refractivity contribution < 1.29 is 9.53 Å². The Bertz CT molecular complexity index is 1400. The summed E-state index contributed by atoms with van der Waals surface area (Å²) < 4.78 is 6.93. The highest BCUT2D eigenvalue weighted by molar-refractivity contribution is 6.03. The zero-order valence-electron chi connectivity index (χ0n) is 17.7. The van der Waals surface area contributed by atoms with Crippen molar-refractivity contribution in [2.45, 2.75) is 26.3 Å². The summed E-state index contributed by atoms with van der Waals surface area (Å²) >= 11 is 0. The summed E-state index contributed by atoms with van der Waals surface area (Å²) in [4.78, 5) is 31.9. The van der Waals surface area contributed by atoms with E-state index in [-0.39, 0.29) is 17.5 Å². The van der Waals surface area contributed by atoms with Gasteiger partial charge in [0.05, 0.1) is 35.3 Å².